The first kappa shape index (κ1) is 19.9. The zero-order chi connectivity index (χ0) is 21.4. The first-order valence-electron chi connectivity index (χ1n) is 8.79. The van der Waals surface area contributed by atoms with Gasteiger partial charge in [-0.1, -0.05) is 17.4 Å². The van der Waals surface area contributed by atoms with Crippen molar-refractivity contribution in [2.75, 3.05) is 7.11 Å². The molecule has 152 valence electrons. The fraction of sp³-hybridized carbons (Fsp3) is 0.150. The van der Waals surface area contributed by atoms with Gasteiger partial charge >= 0.3 is 5.97 Å². The van der Waals surface area contributed by atoms with Gasteiger partial charge in [-0.2, -0.15) is 0 Å². The van der Waals surface area contributed by atoms with Crippen molar-refractivity contribution in [2.45, 2.75) is 13.0 Å². The number of nitro groups is 1. The second kappa shape index (κ2) is 7.81. The van der Waals surface area contributed by atoms with Crippen LogP contribution in [0.3, 0.4) is 0 Å². The zero-order valence-electron chi connectivity index (χ0n) is 15.9. The van der Waals surface area contributed by atoms with E-state index in [0.29, 0.717) is 26.2 Å². The van der Waals surface area contributed by atoms with Crippen LogP contribution in [0.5, 0.6) is 0 Å². The van der Waals surface area contributed by atoms with Crippen molar-refractivity contribution in [3.63, 3.8) is 0 Å². The Labute approximate surface area is 177 Å². The monoisotopic (exact) mass is 441 g/mol. The zero-order valence-corrected chi connectivity index (χ0v) is 17.5. The Bertz CT molecular complexity index is 1350. The van der Waals surface area contributed by atoms with E-state index in [0.717, 1.165) is 4.88 Å². The number of thiophene rings is 1. The van der Waals surface area contributed by atoms with E-state index in [1.807, 2.05) is 17.5 Å². The molecular weight excluding hydrogens is 426 g/mol. The number of carbonyl (C=O) groups excluding carboxylic acids is 1. The van der Waals surface area contributed by atoms with Gasteiger partial charge in [-0.15, -0.1) is 11.3 Å². The minimum atomic E-state index is -0.618. The molecule has 0 saturated carbocycles. The second-order valence-electron chi connectivity index (χ2n) is 6.44. The summed E-state index contributed by atoms with van der Waals surface area (Å²) in [5, 5.41) is 12.7. The fourth-order valence-electron chi connectivity index (χ4n) is 3.25. The molecule has 3 aromatic rings. The van der Waals surface area contributed by atoms with Crippen LogP contribution in [0.1, 0.15) is 23.4 Å². The highest BCUT2D eigenvalue weighted by Gasteiger charge is 2.33. The van der Waals surface area contributed by atoms with E-state index < -0.39 is 16.9 Å². The molecular formula is C20H15N3O5S2. The van der Waals surface area contributed by atoms with E-state index in [4.69, 9.17) is 4.74 Å². The van der Waals surface area contributed by atoms with Crippen molar-refractivity contribution in [1.29, 1.82) is 0 Å². The van der Waals surface area contributed by atoms with Gasteiger partial charge < -0.3 is 4.74 Å². The third kappa shape index (κ3) is 3.40. The Morgan fingerprint density at radius 1 is 1.30 bits per heavy atom. The third-order valence-electron chi connectivity index (χ3n) is 4.64. The maximum absolute atomic E-state index is 13.3. The highest BCUT2D eigenvalue weighted by Crippen LogP contribution is 2.32. The molecule has 0 N–H and O–H groups in total. The van der Waals surface area contributed by atoms with Gasteiger partial charge in [-0.3, -0.25) is 19.5 Å². The number of thiazole rings is 1. The Hall–Kier alpha value is -3.37. The first-order valence-corrected chi connectivity index (χ1v) is 10.5. The van der Waals surface area contributed by atoms with E-state index in [1.54, 1.807) is 25.1 Å². The Kier molecular flexibility index (Phi) is 5.18. The number of non-ortho nitro benzene ring substituents is 1. The molecule has 4 rings (SSSR count). The molecule has 8 nitrogen and oxygen atoms in total. The van der Waals surface area contributed by atoms with Crippen LogP contribution < -0.4 is 14.9 Å². The number of hydrogen-bond acceptors (Lipinski definition) is 8. The summed E-state index contributed by atoms with van der Waals surface area (Å²) in [6.07, 6.45) is 1.66. The van der Waals surface area contributed by atoms with Crippen LogP contribution in [0.25, 0.3) is 6.08 Å². The van der Waals surface area contributed by atoms with Crippen molar-refractivity contribution in [1.82, 2.24) is 4.57 Å². The van der Waals surface area contributed by atoms with Crippen LogP contribution in [-0.4, -0.2) is 22.6 Å². The number of benzene rings is 1. The van der Waals surface area contributed by atoms with Gasteiger partial charge in [-0.05, 0) is 42.1 Å². The van der Waals surface area contributed by atoms with E-state index in [9.17, 15) is 19.7 Å². The van der Waals surface area contributed by atoms with Gasteiger partial charge in [0.1, 0.15) is 6.04 Å². The predicted octanol–water partition coefficient (Wildman–Crippen LogP) is 2.38. The largest absolute Gasteiger partial charge is 0.466 e. The number of methoxy groups -OCH3 is 1. The van der Waals surface area contributed by atoms with Crippen LogP contribution >= 0.6 is 22.7 Å². The Morgan fingerprint density at radius 2 is 2.03 bits per heavy atom. The Balaban J connectivity index is 1.90. The number of nitro benzene ring substituents is 1. The summed E-state index contributed by atoms with van der Waals surface area (Å²) < 4.78 is 6.88. The average molecular weight is 441 g/mol. The number of esters is 1. The number of fused-ring (bicyclic) bond motifs is 1. The molecule has 0 spiro atoms. The number of aromatic nitrogens is 1. The topological polar surface area (TPSA) is 104 Å². The maximum atomic E-state index is 13.3. The number of nitrogens with zero attached hydrogens (tertiary/aromatic N) is 3. The average Bonchev–Trinajstić information content (AvgIpc) is 3.36. The summed E-state index contributed by atoms with van der Waals surface area (Å²) in [7, 11) is 1.30. The molecule has 2 aromatic heterocycles. The van der Waals surface area contributed by atoms with Gasteiger partial charge in [-0.25, -0.2) is 9.79 Å². The van der Waals surface area contributed by atoms with E-state index in [2.05, 4.69) is 4.99 Å². The van der Waals surface area contributed by atoms with Crippen molar-refractivity contribution in [3.8, 4) is 0 Å². The smallest absolute Gasteiger partial charge is 0.338 e. The number of carbonyl (C=O) groups is 1. The van der Waals surface area contributed by atoms with Gasteiger partial charge in [0.05, 0.1) is 27.8 Å². The predicted molar refractivity (Wildman–Crippen MR) is 113 cm³/mol. The van der Waals surface area contributed by atoms with E-state index in [1.165, 1.54) is 46.5 Å². The molecule has 1 aromatic carbocycles. The van der Waals surface area contributed by atoms with Crippen LogP contribution in [0.15, 0.2) is 62.8 Å². The third-order valence-corrected chi connectivity index (χ3v) is 6.55. The highest BCUT2D eigenvalue weighted by atomic mass is 32.1. The molecule has 0 amide bonds. The van der Waals surface area contributed by atoms with Gasteiger partial charge in [0.2, 0.25) is 0 Å². The molecule has 3 heterocycles. The Morgan fingerprint density at radius 3 is 2.63 bits per heavy atom. The molecule has 0 fully saturated rings. The van der Waals surface area contributed by atoms with E-state index in [-0.39, 0.29) is 11.2 Å². The van der Waals surface area contributed by atoms with Crippen molar-refractivity contribution in [2.24, 2.45) is 4.99 Å². The van der Waals surface area contributed by atoms with Gasteiger partial charge in [0.25, 0.3) is 11.2 Å². The summed E-state index contributed by atoms with van der Waals surface area (Å²) in [6.45, 7) is 1.72. The molecule has 0 bridgehead atoms. The maximum Gasteiger partial charge on any atom is 0.338 e. The minimum Gasteiger partial charge on any atom is -0.466 e. The normalized spacial score (nSPS) is 16.2. The molecule has 1 atom stereocenters. The minimum absolute atomic E-state index is 0.0235. The van der Waals surface area contributed by atoms with Crippen LogP contribution in [0.4, 0.5) is 5.69 Å². The SMILES string of the molecule is COC(=O)C1=C(C)N=c2sc(=Cc3ccc([N+](=O)[O-])cc3)c(=O)n2[C@H]1c1cccs1. The molecule has 0 saturated heterocycles. The molecule has 1 aliphatic rings. The quantitative estimate of drug-likeness (QED) is 0.351. The molecule has 30 heavy (non-hydrogen) atoms. The van der Waals surface area contributed by atoms with Gasteiger partial charge in [0, 0.05) is 17.0 Å². The molecule has 0 radical (unpaired) electrons. The fourth-order valence-corrected chi connectivity index (χ4v) is 5.12. The number of rotatable bonds is 4. The van der Waals surface area contributed by atoms with Crippen molar-refractivity contribution < 1.29 is 14.5 Å². The summed E-state index contributed by atoms with van der Waals surface area (Å²) >= 11 is 2.65. The number of hydrogen-bond donors (Lipinski definition) is 0. The molecule has 0 aliphatic carbocycles. The van der Waals surface area contributed by atoms with Crippen molar-refractivity contribution >= 4 is 40.4 Å². The van der Waals surface area contributed by atoms with E-state index >= 15 is 0 Å². The molecule has 0 unspecified atom stereocenters. The van der Waals surface area contributed by atoms with Crippen LogP contribution in [-0.2, 0) is 9.53 Å². The number of ether oxygens (including phenoxy) is 1. The lowest BCUT2D eigenvalue weighted by molar-refractivity contribution is -0.384. The van der Waals surface area contributed by atoms with Crippen LogP contribution in [0.2, 0.25) is 0 Å². The second-order valence-corrected chi connectivity index (χ2v) is 8.43. The molecule has 10 heteroatoms. The summed E-state index contributed by atoms with van der Waals surface area (Å²) in [4.78, 5) is 41.9. The summed E-state index contributed by atoms with van der Waals surface area (Å²) in [6, 6.07) is 9.04. The first-order chi connectivity index (χ1) is 14.4. The lowest BCUT2D eigenvalue weighted by Gasteiger charge is -2.22. The summed E-state index contributed by atoms with van der Waals surface area (Å²) in [5.74, 6) is -0.528. The lowest BCUT2D eigenvalue weighted by atomic mass is 10.0. The number of allylic oxidation sites excluding steroid dienone is 1. The summed E-state index contributed by atoms with van der Waals surface area (Å²) in [5.41, 5.74) is 1.18. The van der Waals surface area contributed by atoms with Crippen molar-refractivity contribution in [3.05, 3.63) is 93.3 Å². The van der Waals surface area contributed by atoms with Crippen LogP contribution in [0, 0.1) is 10.1 Å². The standard InChI is InChI=1S/C20H15N3O5S2/c1-11-16(19(25)28-2)17(14-4-3-9-29-14)22-18(24)15(30-20(22)21-11)10-12-5-7-13(8-6-12)23(26)27/h3-10,17H,1-2H3/t17-/m0/s1. The van der Waals surface area contributed by atoms with Gasteiger partial charge in [0.15, 0.2) is 4.80 Å². The molecule has 1 aliphatic heterocycles. The lowest BCUT2D eigenvalue weighted by Crippen LogP contribution is -2.39. The highest BCUT2D eigenvalue weighted by molar-refractivity contribution is 7.10.